The molecule has 0 unspecified atom stereocenters. The van der Waals surface area contributed by atoms with Crippen LogP contribution in [0.4, 0.5) is 5.69 Å². The number of hydrogen-bond donors (Lipinski definition) is 0. The van der Waals surface area contributed by atoms with Crippen LogP contribution in [0.15, 0.2) is 24.3 Å². The van der Waals surface area contributed by atoms with E-state index in [0.29, 0.717) is 5.41 Å². The van der Waals surface area contributed by atoms with Gasteiger partial charge < -0.3 is 9.80 Å². The first-order valence-corrected chi connectivity index (χ1v) is 6.67. The molecule has 17 heavy (non-hydrogen) atoms. The second-order valence-corrected chi connectivity index (χ2v) is 5.99. The molecule has 1 aromatic rings. The van der Waals surface area contributed by atoms with Gasteiger partial charge in [-0.2, -0.15) is 0 Å². The Bertz CT molecular complexity index is 380. The van der Waals surface area contributed by atoms with Crippen LogP contribution in [0.3, 0.4) is 0 Å². The topological polar surface area (TPSA) is 6.48 Å². The normalized spacial score (nSPS) is 23.8. The number of anilines is 1. The summed E-state index contributed by atoms with van der Waals surface area (Å²) in [6.45, 7) is 7.25. The first-order valence-electron chi connectivity index (χ1n) is 6.67. The van der Waals surface area contributed by atoms with Crippen LogP contribution in [0.5, 0.6) is 0 Å². The molecule has 0 aliphatic carbocycles. The van der Waals surface area contributed by atoms with Gasteiger partial charge in [-0.05, 0) is 44.4 Å². The molecule has 0 saturated carbocycles. The third-order valence-corrected chi connectivity index (χ3v) is 4.43. The monoisotopic (exact) mass is 230 g/mol. The van der Waals surface area contributed by atoms with Crippen molar-refractivity contribution in [3.05, 3.63) is 29.8 Å². The molecule has 2 nitrogen and oxygen atoms in total. The largest absolute Gasteiger partial charge is 0.371 e. The molecule has 2 heteroatoms. The highest BCUT2D eigenvalue weighted by Gasteiger charge is 2.42. The van der Waals surface area contributed by atoms with Gasteiger partial charge in [-0.15, -0.1) is 0 Å². The fraction of sp³-hybridized carbons (Fsp3) is 0.600. The molecule has 1 spiro atoms. The van der Waals surface area contributed by atoms with E-state index in [1.165, 1.54) is 50.3 Å². The Kier molecular flexibility index (Phi) is 2.62. The van der Waals surface area contributed by atoms with Gasteiger partial charge in [0.25, 0.3) is 0 Å². The molecule has 3 rings (SSSR count). The van der Waals surface area contributed by atoms with Crippen molar-refractivity contribution in [2.24, 2.45) is 5.41 Å². The summed E-state index contributed by atoms with van der Waals surface area (Å²) in [7, 11) is 2.23. The van der Waals surface area contributed by atoms with E-state index in [1.54, 1.807) is 0 Å². The predicted octanol–water partition coefficient (Wildman–Crippen LogP) is 2.53. The zero-order valence-electron chi connectivity index (χ0n) is 10.9. The number of likely N-dealkylation sites (tertiary alicyclic amines) is 1. The summed E-state index contributed by atoms with van der Waals surface area (Å²) in [4.78, 5) is 4.99. The summed E-state index contributed by atoms with van der Waals surface area (Å²) in [5.74, 6) is 0. The quantitative estimate of drug-likeness (QED) is 0.731. The highest BCUT2D eigenvalue weighted by atomic mass is 15.2. The molecule has 1 aromatic carbocycles. The number of benzene rings is 1. The van der Waals surface area contributed by atoms with E-state index in [9.17, 15) is 0 Å². The molecule has 0 amide bonds. The maximum absolute atomic E-state index is 2.54. The van der Waals surface area contributed by atoms with Gasteiger partial charge in [0.05, 0.1) is 0 Å². The summed E-state index contributed by atoms with van der Waals surface area (Å²) in [6, 6.07) is 8.97. The smallest absolute Gasteiger partial charge is 0.0366 e. The fourth-order valence-electron chi connectivity index (χ4n) is 3.41. The Labute approximate surface area is 104 Å². The number of rotatable bonds is 1. The molecule has 2 saturated heterocycles. The van der Waals surface area contributed by atoms with Crippen molar-refractivity contribution in [1.82, 2.24) is 4.90 Å². The summed E-state index contributed by atoms with van der Waals surface area (Å²) < 4.78 is 0. The van der Waals surface area contributed by atoms with Gasteiger partial charge in [0.2, 0.25) is 0 Å². The van der Waals surface area contributed by atoms with Crippen LogP contribution in [0.2, 0.25) is 0 Å². The molecule has 0 aromatic heterocycles. The van der Waals surface area contributed by atoms with Crippen molar-refractivity contribution in [1.29, 1.82) is 0 Å². The van der Waals surface area contributed by atoms with Gasteiger partial charge in [0, 0.05) is 31.9 Å². The number of piperidine rings is 1. The predicted molar refractivity (Wildman–Crippen MR) is 72.6 cm³/mol. The lowest BCUT2D eigenvalue weighted by atomic mass is 9.72. The lowest BCUT2D eigenvalue weighted by molar-refractivity contribution is 0.00132. The summed E-state index contributed by atoms with van der Waals surface area (Å²) in [6.07, 6.45) is 2.73. The summed E-state index contributed by atoms with van der Waals surface area (Å²) >= 11 is 0. The maximum atomic E-state index is 2.54. The minimum absolute atomic E-state index is 0.663. The molecular weight excluding hydrogens is 208 g/mol. The van der Waals surface area contributed by atoms with E-state index in [2.05, 4.69) is 48.0 Å². The lowest BCUT2D eigenvalue weighted by Gasteiger charge is -2.53. The lowest BCUT2D eigenvalue weighted by Crippen LogP contribution is -2.58. The molecule has 2 aliphatic heterocycles. The molecular formula is C15H22N2. The SMILES string of the molecule is Cc1ccc(N2CCC3(CC2)CN(C)C3)cc1. The van der Waals surface area contributed by atoms with E-state index in [4.69, 9.17) is 0 Å². The van der Waals surface area contributed by atoms with Crippen LogP contribution < -0.4 is 4.90 Å². The highest BCUT2D eigenvalue weighted by molar-refractivity contribution is 5.48. The minimum atomic E-state index is 0.663. The average molecular weight is 230 g/mol. The Morgan fingerprint density at radius 2 is 1.59 bits per heavy atom. The second-order valence-electron chi connectivity index (χ2n) is 5.99. The van der Waals surface area contributed by atoms with Gasteiger partial charge in [-0.3, -0.25) is 0 Å². The first kappa shape index (κ1) is 11.1. The number of aryl methyl sites for hydroxylation is 1. The first-order chi connectivity index (χ1) is 8.17. The van der Waals surface area contributed by atoms with Crippen molar-refractivity contribution in [2.75, 3.05) is 38.1 Å². The zero-order chi connectivity index (χ0) is 11.9. The van der Waals surface area contributed by atoms with Gasteiger partial charge in [0.15, 0.2) is 0 Å². The maximum Gasteiger partial charge on any atom is 0.0366 e. The van der Waals surface area contributed by atoms with Crippen LogP contribution in [0, 0.1) is 12.3 Å². The van der Waals surface area contributed by atoms with Crippen LogP contribution in [0.1, 0.15) is 18.4 Å². The molecule has 2 fully saturated rings. The van der Waals surface area contributed by atoms with Gasteiger partial charge >= 0.3 is 0 Å². The average Bonchev–Trinajstić information content (AvgIpc) is 2.30. The van der Waals surface area contributed by atoms with Crippen molar-refractivity contribution in [3.63, 3.8) is 0 Å². The highest BCUT2D eigenvalue weighted by Crippen LogP contribution is 2.40. The van der Waals surface area contributed by atoms with Crippen molar-refractivity contribution in [2.45, 2.75) is 19.8 Å². The Balaban J connectivity index is 1.63. The molecule has 2 aliphatic rings. The standard InChI is InChI=1S/C15H22N2/c1-13-3-5-14(6-4-13)17-9-7-15(8-10-17)11-16(2)12-15/h3-6H,7-12H2,1-2H3. The Morgan fingerprint density at radius 3 is 2.12 bits per heavy atom. The van der Waals surface area contributed by atoms with Gasteiger partial charge in [-0.1, -0.05) is 17.7 Å². The zero-order valence-corrected chi connectivity index (χ0v) is 10.9. The van der Waals surface area contributed by atoms with E-state index < -0.39 is 0 Å². The van der Waals surface area contributed by atoms with E-state index in [0.717, 1.165) is 0 Å². The van der Waals surface area contributed by atoms with Crippen molar-refractivity contribution < 1.29 is 0 Å². The van der Waals surface area contributed by atoms with Crippen molar-refractivity contribution in [3.8, 4) is 0 Å². The third-order valence-electron chi connectivity index (χ3n) is 4.43. The van der Waals surface area contributed by atoms with E-state index in [1.807, 2.05) is 0 Å². The molecule has 0 radical (unpaired) electrons. The van der Waals surface area contributed by atoms with Crippen LogP contribution in [-0.2, 0) is 0 Å². The molecule has 0 N–H and O–H groups in total. The second kappa shape index (κ2) is 4.02. The van der Waals surface area contributed by atoms with E-state index >= 15 is 0 Å². The summed E-state index contributed by atoms with van der Waals surface area (Å²) in [5.41, 5.74) is 3.41. The van der Waals surface area contributed by atoms with Crippen LogP contribution in [-0.4, -0.2) is 38.1 Å². The van der Waals surface area contributed by atoms with Gasteiger partial charge in [-0.25, -0.2) is 0 Å². The van der Waals surface area contributed by atoms with Gasteiger partial charge in [0.1, 0.15) is 0 Å². The molecule has 92 valence electrons. The number of hydrogen-bond acceptors (Lipinski definition) is 2. The molecule has 0 bridgehead atoms. The Hall–Kier alpha value is -1.02. The molecule has 2 heterocycles. The van der Waals surface area contributed by atoms with E-state index in [-0.39, 0.29) is 0 Å². The van der Waals surface area contributed by atoms with Crippen molar-refractivity contribution >= 4 is 5.69 Å². The summed E-state index contributed by atoms with van der Waals surface area (Å²) in [5, 5.41) is 0. The molecule has 0 atom stereocenters. The van der Waals surface area contributed by atoms with Crippen LogP contribution >= 0.6 is 0 Å². The van der Waals surface area contributed by atoms with Crippen LogP contribution in [0.25, 0.3) is 0 Å². The number of nitrogens with zero attached hydrogens (tertiary/aromatic N) is 2. The minimum Gasteiger partial charge on any atom is -0.371 e. The fourth-order valence-corrected chi connectivity index (χ4v) is 3.41. The third kappa shape index (κ3) is 2.06. The Morgan fingerprint density at radius 1 is 1.00 bits per heavy atom.